The zero-order valence-electron chi connectivity index (χ0n) is 11.3. The van der Waals surface area contributed by atoms with Crippen molar-refractivity contribution in [2.24, 2.45) is 0 Å². The van der Waals surface area contributed by atoms with E-state index in [2.05, 4.69) is 15.5 Å². The van der Waals surface area contributed by atoms with Crippen LogP contribution >= 0.6 is 0 Å². The lowest BCUT2D eigenvalue weighted by Gasteiger charge is -2.09. The maximum atomic E-state index is 13.4. The first-order valence-corrected chi connectivity index (χ1v) is 6.40. The van der Waals surface area contributed by atoms with Crippen molar-refractivity contribution < 1.29 is 4.39 Å². The van der Waals surface area contributed by atoms with Crippen molar-refractivity contribution >= 4 is 16.6 Å². The second-order valence-corrected chi connectivity index (χ2v) is 4.66. The highest BCUT2D eigenvalue weighted by Crippen LogP contribution is 2.30. The van der Waals surface area contributed by atoms with Crippen LogP contribution in [0, 0.1) is 12.7 Å². The molecule has 0 bridgehead atoms. The lowest BCUT2D eigenvalue weighted by atomic mass is 10.0. The van der Waals surface area contributed by atoms with Gasteiger partial charge in [-0.25, -0.2) is 4.39 Å². The van der Waals surface area contributed by atoms with Gasteiger partial charge in [0.25, 0.3) is 0 Å². The van der Waals surface area contributed by atoms with Crippen LogP contribution in [0.1, 0.15) is 5.56 Å². The number of hydrogen-bond acceptors (Lipinski definition) is 3. The summed E-state index contributed by atoms with van der Waals surface area (Å²) in [4.78, 5) is 0. The number of hydrogen-bond donors (Lipinski definition) is 1. The number of halogens is 1. The molecule has 1 heterocycles. The van der Waals surface area contributed by atoms with Crippen molar-refractivity contribution in [1.29, 1.82) is 0 Å². The number of nitrogens with one attached hydrogen (secondary N) is 1. The average molecular weight is 267 g/mol. The van der Waals surface area contributed by atoms with Crippen molar-refractivity contribution in [1.82, 2.24) is 10.2 Å². The van der Waals surface area contributed by atoms with Crippen molar-refractivity contribution in [3.63, 3.8) is 0 Å². The summed E-state index contributed by atoms with van der Waals surface area (Å²) in [6.45, 7) is 1.75. The van der Waals surface area contributed by atoms with Crippen LogP contribution in [0.25, 0.3) is 22.0 Å². The molecular weight excluding hydrogens is 253 g/mol. The number of nitrogens with zero attached hydrogens (tertiary/aromatic N) is 2. The second-order valence-electron chi connectivity index (χ2n) is 4.66. The Hall–Kier alpha value is -2.49. The molecule has 1 aromatic heterocycles. The van der Waals surface area contributed by atoms with Gasteiger partial charge in [0.05, 0.1) is 0 Å². The van der Waals surface area contributed by atoms with Gasteiger partial charge in [-0.1, -0.05) is 24.3 Å². The normalized spacial score (nSPS) is 10.8. The first kappa shape index (κ1) is 12.5. The van der Waals surface area contributed by atoms with Gasteiger partial charge < -0.3 is 5.32 Å². The molecule has 3 nitrogen and oxygen atoms in total. The molecule has 0 spiro atoms. The first-order chi connectivity index (χ1) is 9.70. The van der Waals surface area contributed by atoms with Crippen LogP contribution in [0.4, 0.5) is 10.2 Å². The maximum absolute atomic E-state index is 13.4. The maximum Gasteiger partial charge on any atom is 0.156 e. The number of rotatable bonds is 2. The molecule has 3 rings (SSSR count). The summed E-state index contributed by atoms with van der Waals surface area (Å²) in [5, 5.41) is 13.5. The van der Waals surface area contributed by atoms with Gasteiger partial charge in [0.1, 0.15) is 11.5 Å². The molecule has 0 aliphatic rings. The Kier molecular flexibility index (Phi) is 3.06. The molecular formula is C16H14FN3. The largest absolute Gasteiger partial charge is 0.371 e. The fourth-order valence-electron chi connectivity index (χ4n) is 2.29. The van der Waals surface area contributed by atoms with Crippen molar-refractivity contribution in [2.75, 3.05) is 12.4 Å². The minimum atomic E-state index is -0.210. The predicted molar refractivity (Wildman–Crippen MR) is 79.2 cm³/mol. The van der Waals surface area contributed by atoms with Gasteiger partial charge in [0.2, 0.25) is 0 Å². The minimum absolute atomic E-state index is 0.210. The molecule has 0 aliphatic heterocycles. The Morgan fingerprint density at radius 3 is 2.45 bits per heavy atom. The van der Waals surface area contributed by atoms with E-state index in [1.54, 1.807) is 19.1 Å². The monoisotopic (exact) mass is 267 g/mol. The summed E-state index contributed by atoms with van der Waals surface area (Å²) in [7, 11) is 1.82. The molecule has 0 unspecified atom stereocenters. The average Bonchev–Trinajstić information content (AvgIpc) is 2.49. The molecule has 0 saturated heterocycles. The van der Waals surface area contributed by atoms with Crippen LogP contribution < -0.4 is 5.32 Å². The number of benzene rings is 2. The van der Waals surface area contributed by atoms with Crippen LogP contribution in [0.3, 0.4) is 0 Å². The Balaban J connectivity index is 2.29. The molecule has 2 aromatic carbocycles. The molecule has 0 fully saturated rings. The number of aromatic nitrogens is 2. The molecule has 4 heteroatoms. The molecule has 0 atom stereocenters. The van der Waals surface area contributed by atoms with E-state index in [0.717, 1.165) is 27.8 Å². The summed E-state index contributed by atoms with van der Waals surface area (Å²) in [6.07, 6.45) is 0. The predicted octanol–water partition coefficient (Wildman–Crippen LogP) is 3.79. The fraction of sp³-hybridized carbons (Fsp3) is 0.125. The van der Waals surface area contributed by atoms with Crippen molar-refractivity contribution in [3.05, 3.63) is 53.8 Å². The summed E-state index contributed by atoms with van der Waals surface area (Å²) < 4.78 is 13.4. The van der Waals surface area contributed by atoms with E-state index in [9.17, 15) is 4.39 Å². The van der Waals surface area contributed by atoms with Gasteiger partial charge >= 0.3 is 0 Å². The second kappa shape index (κ2) is 4.89. The van der Waals surface area contributed by atoms with Crippen LogP contribution in [0.5, 0.6) is 0 Å². The fourth-order valence-corrected chi connectivity index (χ4v) is 2.29. The minimum Gasteiger partial charge on any atom is -0.371 e. The Morgan fingerprint density at radius 1 is 1.00 bits per heavy atom. The number of fused-ring (bicyclic) bond motifs is 1. The molecule has 3 aromatic rings. The van der Waals surface area contributed by atoms with Crippen LogP contribution in [-0.4, -0.2) is 17.2 Å². The summed E-state index contributed by atoms with van der Waals surface area (Å²) in [5.74, 6) is 0.529. The van der Waals surface area contributed by atoms with Crippen LogP contribution in [0.2, 0.25) is 0 Å². The zero-order chi connectivity index (χ0) is 14.1. The highest BCUT2D eigenvalue weighted by atomic mass is 19.1. The van der Waals surface area contributed by atoms with E-state index in [-0.39, 0.29) is 5.82 Å². The zero-order valence-corrected chi connectivity index (χ0v) is 11.3. The number of anilines is 1. The smallest absolute Gasteiger partial charge is 0.156 e. The topological polar surface area (TPSA) is 37.8 Å². The third-order valence-electron chi connectivity index (χ3n) is 3.36. The highest BCUT2D eigenvalue weighted by Gasteiger charge is 2.10. The molecule has 1 N–H and O–H groups in total. The Bertz CT molecular complexity index is 784. The SMILES string of the molecule is CNc1nnc(-c2ccc(F)c(C)c2)c2ccccc12. The van der Waals surface area contributed by atoms with Crippen molar-refractivity contribution in [2.45, 2.75) is 6.92 Å². The Labute approximate surface area is 116 Å². The molecule has 0 saturated carbocycles. The van der Waals surface area contributed by atoms with Gasteiger partial charge in [0.15, 0.2) is 5.82 Å². The van der Waals surface area contributed by atoms with E-state index >= 15 is 0 Å². The van der Waals surface area contributed by atoms with E-state index in [1.807, 2.05) is 31.3 Å². The molecule has 20 heavy (non-hydrogen) atoms. The highest BCUT2D eigenvalue weighted by molar-refractivity contribution is 5.99. The van der Waals surface area contributed by atoms with E-state index in [4.69, 9.17) is 0 Å². The first-order valence-electron chi connectivity index (χ1n) is 6.40. The van der Waals surface area contributed by atoms with E-state index in [1.165, 1.54) is 6.07 Å². The van der Waals surface area contributed by atoms with Gasteiger partial charge in [-0.15, -0.1) is 10.2 Å². The quantitative estimate of drug-likeness (QED) is 0.767. The molecule has 100 valence electrons. The van der Waals surface area contributed by atoms with Gasteiger partial charge in [-0.2, -0.15) is 0 Å². The third-order valence-corrected chi connectivity index (χ3v) is 3.36. The van der Waals surface area contributed by atoms with E-state index < -0.39 is 0 Å². The number of aryl methyl sites for hydroxylation is 1. The molecule has 0 amide bonds. The van der Waals surface area contributed by atoms with Gasteiger partial charge in [-0.05, 0) is 30.7 Å². The Morgan fingerprint density at radius 2 is 1.75 bits per heavy atom. The van der Waals surface area contributed by atoms with Crippen molar-refractivity contribution in [3.8, 4) is 11.3 Å². The summed E-state index contributed by atoms with van der Waals surface area (Å²) in [6, 6.07) is 12.9. The van der Waals surface area contributed by atoms with Crippen LogP contribution in [0.15, 0.2) is 42.5 Å². The van der Waals surface area contributed by atoms with Crippen LogP contribution in [-0.2, 0) is 0 Å². The molecule has 0 radical (unpaired) electrons. The van der Waals surface area contributed by atoms with Gasteiger partial charge in [-0.3, -0.25) is 0 Å². The third kappa shape index (κ3) is 1.99. The summed E-state index contributed by atoms with van der Waals surface area (Å²) in [5.41, 5.74) is 2.24. The van der Waals surface area contributed by atoms with Gasteiger partial charge in [0, 0.05) is 23.4 Å². The summed E-state index contributed by atoms with van der Waals surface area (Å²) >= 11 is 0. The van der Waals surface area contributed by atoms with E-state index in [0.29, 0.717) is 5.56 Å². The lowest BCUT2D eigenvalue weighted by Crippen LogP contribution is -1.98. The standard InChI is InChI=1S/C16H14FN3/c1-10-9-11(7-8-14(10)17)15-12-5-3-4-6-13(12)16(18-2)20-19-15/h3-9H,1-2H3,(H,18,20). The molecule has 0 aliphatic carbocycles. The lowest BCUT2D eigenvalue weighted by molar-refractivity contribution is 0.619.